The average molecular weight is 288 g/mol. The van der Waals surface area contributed by atoms with Gasteiger partial charge in [-0.3, -0.25) is 4.79 Å². The van der Waals surface area contributed by atoms with Crippen LogP contribution in [0.3, 0.4) is 0 Å². The molecule has 0 aliphatic carbocycles. The first-order chi connectivity index (χ1) is 10.7. The molecule has 0 N–H and O–H groups in total. The number of hydrogen-bond acceptors (Lipinski definition) is 4. The molecule has 0 aliphatic heterocycles. The Morgan fingerprint density at radius 1 is 0.909 bits per heavy atom. The number of carbonyl (C=O) groups is 1. The molecule has 0 fully saturated rings. The highest BCUT2D eigenvalue weighted by Crippen LogP contribution is 2.19. The standard InChI is InChI=1S/C17H12N4O/c1-11-15-16(19-14-10-6-5-9-13(14)18-15)21(20-11)17(22)12-7-3-2-4-8-12/h2-10H,1H3. The lowest BCUT2D eigenvalue weighted by Gasteiger charge is -2.02. The molecule has 0 unspecified atom stereocenters. The molecular formula is C17H12N4O. The van der Waals surface area contributed by atoms with Gasteiger partial charge in [0.2, 0.25) is 0 Å². The van der Waals surface area contributed by atoms with E-state index in [0.29, 0.717) is 22.4 Å². The largest absolute Gasteiger partial charge is 0.280 e. The average Bonchev–Trinajstić information content (AvgIpc) is 2.89. The van der Waals surface area contributed by atoms with E-state index in [0.717, 1.165) is 11.0 Å². The smallest absolute Gasteiger partial charge is 0.267 e. The number of para-hydroxylation sites is 2. The fraction of sp³-hybridized carbons (Fsp3) is 0.0588. The van der Waals surface area contributed by atoms with Crippen LogP contribution in [-0.4, -0.2) is 25.7 Å². The highest BCUT2D eigenvalue weighted by molar-refractivity contribution is 6.01. The monoisotopic (exact) mass is 288 g/mol. The number of aryl methyl sites for hydroxylation is 1. The predicted molar refractivity (Wildman–Crippen MR) is 83.7 cm³/mol. The Morgan fingerprint density at radius 2 is 1.55 bits per heavy atom. The topological polar surface area (TPSA) is 60.7 Å². The Kier molecular flexibility index (Phi) is 2.72. The molecule has 106 valence electrons. The third kappa shape index (κ3) is 1.87. The van der Waals surface area contributed by atoms with E-state index < -0.39 is 0 Å². The van der Waals surface area contributed by atoms with Crippen LogP contribution in [0.25, 0.3) is 22.2 Å². The van der Waals surface area contributed by atoms with Crippen LogP contribution in [0.15, 0.2) is 54.6 Å². The zero-order valence-corrected chi connectivity index (χ0v) is 11.9. The normalized spacial score (nSPS) is 11.1. The maximum absolute atomic E-state index is 12.6. The van der Waals surface area contributed by atoms with E-state index in [1.807, 2.05) is 49.4 Å². The molecule has 4 aromatic rings. The van der Waals surface area contributed by atoms with Crippen molar-refractivity contribution in [3.8, 4) is 0 Å². The zero-order valence-electron chi connectivity index (χ0n) is 11.9. The van der Waals surface area contributed by atoms with Crippen molar-refractivity contribution in [1.82, 2.24) is 19.7 Å². The molecule has 2 heterocycles. The van der Waals surface area contributed by atoms with E-state index in [9.17, 15) is 4.79 Å². The second kappa shape index (κ2) is 4.73. The zero-order chi connectivity index (χ0) is 15.1. The highest BCUT2D eigenvalue weighted by atomic mass is 16.2. The molecule has 0 amide bonds. The van der Waals surface area contributed by atoms with Gasteiger partial charge >= 0.3 is 0 Å². The predicted octanol–water partition coefficient (Wildman–Crippen LogP) is 2.98. The second-order valence-corrected chi connectivity index (χ2v) is 5.05. The molecule has 0 atom stereocenters. The molecule has 0 aliphatic rings. The third-order valence-electron chi connectivity index (χ3n) is 3.56. The molecule has 2 aromatic heterocycles. The molecular weight excluding hydrogens is 276 g/mol. The first-order valence-corrected chi connectivity index (χ1v) is 6.96. The fourth-order valence-corrected chi connectivity index (χ4v) is 2.47. The van der Waals surface area contributed by atoms with Crippen LogP contribution >= 0.6 is 0 Å². The van der Waals surface area contributed by atoms with Gasteiger partial charge < -0.3 is 0 Å². The van der Waals surface area contributed by atoms with Crippen molar-refractivity contribution in [2.45, 2.75) is 6.92 Å². The van der Waals surface area contributed by atoms with Crippen molar-refractivity contribution in [1.29, 1.82) is 0 Å². The van der Waals surface area contributed by atoms with Crippen LogP contribution in [0.4, 0.5) is 0 Å². The second-order valence-electron chi connectivity index (χ2n) is 5.05. The number of fused-ring (bicyclic) bond motifs is 2. The lowest BCUT2D eigenvalue weighted by molar-refractivity contribution is 0.0949. The summed E-state index contributed by atoms with van der Waals surface area (Å²) < 4.78 is 1.33. The summed E-state index contributed by atoms with van der Waals surface area (Å²) in [5.41, 5.74) is 3.95. The highest BCUT2D eigenvalue weighted by Gasteiger charge is 2.18. The molecule has 0 saturated heterocycles. The summed E-state index contributed by atoms with van der Waals surface area (Å²) >= 11 is 0. The van der Waals surface area contributed by atoms with Gasteiger partial charge in [0.05, 0.1) is 16.7 Å². The number of hydrogen-bond donors (Lipinski definition) is 0. The molecule has 2 aromatic carbocycles. The SMILES string of the molecule is Cc1nn(C(=O)c2ccccc2)c2nc3ccccc3nc12. The van der Waals surface area contributed by atoms with Gasteiger partial charge in [-0.25, -0.2) is 9.97 Å². The van der Waals surface area contributed by atoms with E-state index >= 15 is 0 Å². The number of carbonyl (C=O) groups excluding carboxylic acids is 1. The molecule has 4 rings (SSSR count). The van der Waals surface area contributed by atoms with Gasteiger partial charge in [-0.05, 0) is 31.2 Å². The lowest BCUT2D eigenvalue weighted by Crippen LogP contribution is -2.14. The van der Waals surface area contributed by atoms with Crippen molar-refractivity contribution >= 4 is 28.1 Å². The van der Waals surface area contributed by atoms with Crippen LogP contribution in [-0.2, 0) is 0 Å². The Labute approximate surface area is 126 Å². The Morgan fingerprint density at radius 3 is 2.27 bits per heavy atom. The Bertz CT molecular complexity index is 1010. The molecule has 22 heavy (non-hydrogen) atoms. The van der Waals surface area contributed by atoms with E-state index in [1.165, 1.54) is 4.68 Å². The summed E-state index contributed by atoms with van der Waals surface area (Å²) in [6.07, 6.45) is 0. The van der Waals surface area contributed by atoms with Crippen LogP contribution in [0.5, 0.6) is 0 Å². The summed E-state index contributed by atoms with van der Waals surface area (Å²) in [5, 5.41) is 4.33. The van der Waals surface area contributed by atoms with Gasteiger partial charge in [0, 0.05) is 5.56 Å². The minimum Gasteiger partial charge on any atom is -0.267 e. The van der Waals surface area contributed by atoms with Crippen LogP contribution < -0.4 is 0 Å². The van der Waals surface area contributed by atoms with Gasteiger partial charge in [0.25, 0.3) is 5.91 Å². The van der Waals surface area contributed by atoms with E-state index in [-0.39, 0.29) is 5.91 Å². The number of aromatic nitrogens is 4. The van der Waals surface area contributed by atoms with Crippen LogP contribution in [0.1, 0.15) is 16.1 Å². The summed E-state index contributed by atoms with van der Waals surface area (Å²) in [5.74, 6) is -0.205. The maximum atomic E-state index is 12.6. The first kappa shape index (κ1) is 12.6. The summed E-state index contributed by atoms with van der Waals surface area (Å²) in [6.45, 7) is 1.83. The van der Waals surface area contributed by atoms with Gasteiger partial charge in [-0.2, -0.15) is 9.78 Å². The minimum absolute atomic E-state index is 0.205. The molecule has 0 saturated carbocycles. The molecule has 0 bridgehead atoms. The molecule has 0 spiro atoms. The number of rotatable bonds is 1. The van der Waals surface area contributed by atoms with Crippen molar-refractivity contribution in [2.24, 2.45) is 0 Å². The van der Waals surface area contributed by atoms with Crippen LogP contribution in [0.2, 0.25) is 0 Å². The van der Waals surface area contributed by atoms with Crippen LogP contribution in [0, 0.1) is 6.92 Å². The fourth-order valence-electron chi connectivity index (χ4n) is 2.47. The summed E-state index contributed by atoms with van der Waals surface area (Å²) in [7, 11) is 0. The lowest BCUT2D eigenvalue weighted by atomic mass is 10.2. The van der Waals surface area contributed by atoms with Crippen molar-refractivity contribution in [3.05, 3.63) is 65.9 Å². The van der Waals surface area contributed by atoms with Crippen molar-refractivity contribution < 1.29 is 4.79 Å². The van der Waals surface area contributed by atoms with Gasteiger partial charge in [0.1, 0.15) is 5.52 Å². The van der Waals surface area contributed by atoms with Gasteiger partial charge in [-0.1, -0.05) is 30.3 Å². The van der Waals surface area contributed by atoms with E-state index in [4.69, 9.17) is 0 Å². The maximum Gasteiger partial charge on any atom is 0.280 e. The van der Waals surface area contributed by atoms with Gasteiger partial charge in [-0.15, -0.1) is 0 Å². The summed E-state index contributed by atoms with van der Waals surface area (Å²) in [6, 6.07) is 16.6. The Balaban J connectivity index is 1.98. The van der Waals surface area contributed by atoms with E-state index in [2.05, 4.69) is 15.1 Å². The molecule has 0 radical (unpaired) electrons. The van der Waals surface area contributed by atoms with Crippen molar-refractivity contribution in [2.75, 3.05) is 0 Å². The first-order valence-electron chi connectivity index (χ1n) is 6.96. The number of nitrogens with zero attached hydrogens (tertiary/aromatic N) is 4. The number of benzene rings is 2. The Hall–Kier alpha value is -3.08. The molecule has 5 nitrogen and oxygen atoms in total. The van der Waals surface area contributed by atoms with Gasteiger partial charge in [0.15, 0.2) is 5.65 Å². The quantitative estimate of drug-likeness (QED) is 0.540. The minimum atomic E-state index is -0.205. The molecule has 5 heteroatoms. The van der Waals surface area contributed by atoms with E-state index in [1.54, 1.807) is 12.1 Å². The third-order valence-corrected chi connectivity index (χ3v) is 3.56. The van der Waals surface area contributed by atoms with Crippen molar-refractivity contribution in [3.63, 3.8) is 0 Å². The summed E-state index contributed by atoms with van der Waals surface area (Å²) in [4.78, 5) is 21.8.